The van der Waals surface area contributed by atoms with Crippen molar-refractivity contribution >= 4 is 22.9 Å². The number of hydrogen-bond acceptors (Lipinski definition) is 3. The average Bonchev–Trinajstić information content (AvgIpc) is 3.10. The van der Waals surface area contributed by atoms with E-state index >= 15 is 0 Å². The minimum absolute atomic E-state index is 0.103. The molecule has 0 aliphatic rings. The molecule has 0 saturated carbocycles. The zero-order valence-electron chi connectivity index (χ0n) is 16.1. The zero-order valence-corrected chi connectivity index (χ0v) is 16.9. The van der Waals surface area contributed by atoms with E-state index in [4.69, 9.17) is 0 Å². The van der Waals surface area contributed by atoms with Gasteiger partial charge in [0.1, 0.15) is 5.75 Å². The number of aromatic hydroxyl groups is 1. The fraction of sp³-hybridized carbons (Fsp3) is 0.227. The summed E-state index contributed by atoms with van der Waals surface area (Å²) < 4.78 is 39.0. The predicted octanol–water partition coefficient (Wildman–Crippen LogP) is 6.50. The summed E-state index contributed by atoms with van der Waals surface area (Å²) in [5.41, 5.74) is 1.30. The van der Waals surface area contributed by atoms with Gasteiger partial charge in [-0.3, -0.25) is 4.79 Å². The smallest absolute Gasteiger partial charge is 0.416 e. The molecule has 0 spiro atoms. The predicted molar refractivity (Wildman–Crippen MR) is 110 cm³/mol. The van der Waals surface area contributed by atoms with E-state index in [1.807, 2.05) is 20.8 Å². The number of phenols is 1. The lowest BCUT2D eigenvalue weighted by atomic mass is 10.1. The third kappa shape index (κ3) is 4.45. The summed E-state index contributed by atoms with van der Waals surface area (Å²) in [5.74, 6) is -0.472. The van der Waals surface area contributed by atoms with Crippen molar-refractivity contribution in [2.75, 3.05) is 4.90 Å². The van der Waals surface area contributed by atoms with Crippen molar-refractivity contribution in [2.24, 2.45) is 0 Å². The molecule has 3 rings (SSSR count). The Morgan fingerprint density at radius 2 is 1.83 bits per heavy atom. The number of benzene rings is 2. The molecule has 0 aliphatic carbocycles. The normalized spacial score (nSPS) is 11.7. The van der Waals surface area contributed by atoms with Crippen LogP contribution in [0.4, 0.5) is 18.9 Å². The van der Waals surface area contributed by atoms with Gasteiger partial charge in [0.2, 0.25) is 0 Å². The number of alkyl halides is 3. The molecule has 0 fully saturated rings. The Morgan fingerprint density at radius 1 is 1.10 bits per heavy atom. The van der Waals surface area contributed by atoms with E-state index in [1.165, 1.54) is 28.4 Å². The van der Waals surface area contributed by atoms with Crippen LogP contribution in [0.2, 0.25) is 0 Å². The van der Waals surface area contributed by atoms with Crippen molar-refractivity contribution in [3.63, 3.8) is 0 Å². The molecule has 1 aromatic heterocycles. The summed E-state index contributed by atoms with van der Waals surface area (Å²) in [6.45, 7) is 5.49. The van der Waals surface area contributed by atoms with Gasteiger partial charge in [-0.2, -0.15) is 13.2 Å². The van der Waals surface area contributed by atoms with Crippen molar-refractivity contribution < 1.29 is 23.1 Å². The third-order valence-electron chi connectivity index (χ3n) is 4.46. The first-order chi connectivity index (χ1) is 13.6. The Kier molecular flexibility index (Phi) is 5.71. The molecule has 3 nitrogen and oxygen atoms in total. The SMILES string of the molecule is Cc1ccc(C(=O)N(c2csc(-c3cccc(C(F)(F)F)c3)c2)C(C)C)c(O)c1. The highest BCUT2D eigenvalue weighted by Crippen LogP contribution is 2.37. The molecular weight excluding hydrogens is 399 g/mol. The van der Waals surface area contributed by atoms with Crippen LogP contribution in [-0.2, 0) is 6.18 Å². The molecule has 2 aromatic carbocycles. The second kappa shape index (κ2) is 7.91. The molecular formula is C22H20F3NO2S. The summed E-state index contributed by atoms with van der Waals surface area (Å²) >= 11 is 1.26. The van der Waals surface area contributed by atoms with Gasteiger partial charge in [-0.05, 0) is 62.2 Å². The van der Waals surface area contributed by atoms with Gasteiger partial charge < -0.3 is 10.0 Å². The second-order valence-electron chi connectivity index (χ2n) is 7.04. The monoisotopic (exact) mass is 419 g/mol. The van der Waals surface area contributed by atoms with E-state index < -0.39 is 11.7 Å². The molecule has 0 bridgehead atoms. The second-order valence-corrected chi connectivity index (χ2v) is 7.95. The van der Waals surface area contributed by atoms with E-state index in [9.17, 15) is 23.1 Å². The highest BCUT2D eigenvalue weighted by molar-refractivity contribution is 7.14. The largest absolute Gasteiger partial charge is 0.507 e. The molecule has 0 aliphatic heterocycles. The number of thiophene rings is 1. The van der Waals surface area contributed by atoms with E-state index in [0.29, 0.717) is 16.1 Å². The van der Waals surface area contributed by atoms with Crippen LogP contribution in [0.15, 0.2) is 53.9 Å². The summed E-state index contributed by atoms with van der Waals surface area (Å²) in [5, 5.41) is 11.9. The maximum absolute atomic E-state index is 13.1. The lowest BCUT2D eigenvalue weighted by Gasteiger charge is -2.26. The summed E-state index contributed by atoms with van der Waals surface area (Å²) in [6.07, 6.45) is -4.42. The van der Waals surface area contributed by atoms with Gasteiger partial charge in [0.25, 0.3) is 5.91 Å². The molecule has 3 aromatic rings. The number of aryl methyl sites for hydroxylation is 1. The topological polar surface area (TPSA) is 40.5 Å². The lowest BCUT2D eigenvalue weighted by Crippen LogP contribution is -2.36. The van der Waals surface area contributed by atoms with Gasteiger partial charge in [-0.25, -0.2) is 0 Å². The standard InChI is InChI=1S/C22H20F3NO2S/c1-13(2)26(21(28)18-8-7-14(3)9-19(18)27)17-11-20(29-12-17)15-5-4-6-16(10-15)22(23,24)25/h4-13,27H,1-3H3. The van der Waals surface area contributed by atoms with Crippen molar-refractivity contribution in [3.8, 4) is 16.2 Å². The number of anilines is 1. The quantitative estimate of drug-likeness (QED) is 0.524. The van der Waals surface area contributed by atoms with Crippen LogP contribution in [-0.4, -0.2) is 17.1 Å². The molecule has 0 atom stereocenters. The minimum Gasteiger partial charge on any atom is -0.507 e. The van der Waals surface area contributed by atoms with Crippen LogP contribution in [0.5, 0.6) is 5.75 Å². The maximum Gasteiger partial charge on any atom is 0.416 e. The number of carbonyl (C=O) groups excluding carboxylic acids is 1. The molecule has 29 heavy (non-hydrogen) atoms. The minimum atomic E-state index is -4.42. The van der Waals surface area contributed by atoms with Crippen molar-refractivity contribution in [3.05, 3.63) is 70.6 Å². The Balaban J connectivity index is 1.97. The highest BCUT2D eigenvalue weighted by Gasteiger charge is 2.30. The number of amides is 1. The number of rotatable bonds is 4. The molecule has 0 radical (unpaired) electrons. The van der Waals surface area contributed by atoms with Gasteiger partial charge >= 0.3 is 6.18 Å². The number of nitrogens with zero attached hydrogens (tertiary/aromatic N) is 1. The number of hydrogen-bond donors (Lipinski definition) is 1. The molecule has 7 heteroatoms. The van der Waals surface area contributed by atoms with Crippen LogP contribution in [0.3, 0.4) is 0 Å². The van der Waals surface area contributed by atoms with Crippen molar-refractivity contribution in [2.45, 2.75) is 33.0 Å². The van der Waals surface area contributed by atoms with Gasteiger partial charge in [0.15, 0.2) is 0 Å². The Hall–Kier alpha value is -2.80. The number of phenolic OH excluding ortho intramolecular Hbond substituents is 1. The Bertz CT molecular complexity index is 1040. The molecule has 0 unspecified atom stereocenters. The van der Waals surface area contributed by atoms with Gasteiger partial charge in [-0.15, -0.1) is 11.3 Å². The lowest BCUT2D eigenvalue weighted by molar-refractivity contribution is -0.137. The van der Waals surface area contributed by atoms with E-state index in [-0.39, 0.29) is 23.3 Å². The van der Waals surface area contributed by atoms with Gasteiger partial charge in [-0.1, -0.05) is 18.2 Å². The van der Waals surface area contributed by atoms with E-state index in [1.54, 1.807) is 29.6 Å². The maximum atomic E-state index is 13.1. The number of halogens is 3. The van der Waals surface area contributed by atoms with Gasteiger partial charge in [0, 0.05) is 16.3 Å². The molecule has 1 heterocycles. The summed E-state index contributed by atoms with van der Waals surface area (Å²) in [4.78, 5) is 15.2. The molecule has 1 N–H and O–H groups in total. The Labute approximate surface area is 171 Å². The first-order valence-corrected chi connectivity index (χ1v) is 9.85. The first kappa shape index (κ1) is 20.9. The van der Waals surface area contributed by atoms with Crippen LogP contribution < -0.4 is 4.90 Å². The van der Waals surface area contributed by atoms with E-state index in [0.717, 1.165) is 17.7 Å². The van der Waals surface area contributed by atoms with Crippen LogP contribution in [0.25, 0.3) is 10.4 Å². The molecule has 0 saturated heterocycles. The average molecular weight is 419 g/mol. The highest BCUT2D eigenvalue weighted by atomic mass is 32.1. The molecule has 1 amide bonds. The Morgan fingerprint density at radius 3 is 2.45 bits per heavy atom. The van der Waals surface area contributed by atoms with Crippen molar-refractivity contribution in [1.29, 1.82) is 0 Å². The van der Waals surface area contributed by atoms with E-state index in [2.05, 4.69) is 0 Å². The third-order valence-corrected chi connectivity index (χ3v) is 5.42. The zero-order chi connectivity index (χ0) is 21.3. The van der Waals surface area contributed by atoms with Crippen LogP contribution in [0.1, 0.15) is 35.3 Å². The summed E-state index contributed by atoms with van der Waals surface area (Å²) in [7, 11) is 0. The van der Waals surface area contributed by atoms with Crippen LogP contribution >= 0.6 is 11.3 Å². The fourth-order valence-electron chi connectivity index (χ4n) is 3.05. The summed E-state index contributed by atoms with van der Waals surface area (Å²) in [6, 6.07) is 11.4. The first-order valence-electron chi connectivity index (χ1n) is 8.97. The molecule has 152 valence electrons. The van der Waals surface area contributed by atoms with Crippen LogP contribution in [0, 0.1) is 6.92 Å². The fourth-order valence-corrected chi connectivity index (χ4v) is 3.94. The van der Waals surface area contributed by atoms with Crippen molar-refractivity contribution in [1.82, 2.24) is 0 Å². The number of carbonyl (C=O) groups is 1. The van der Waals surface area contributed by atoms with Gasteiger partial charge in [0.05, 0.1) is 16.8 Å².